The number of nitrogens with zero attached hydrogens (tertiary/aromatic N) is 1. The Morgan fingerprint density at radius 1 is 1.50 bits per heavy atom. The number of carbonyl (C=O) groups is 2. The van der Waals surface area contributed by atoms with Crippen molar-refractivity contribution in [3.63, 3.8) is 0 Å². The topological polar surface area (TPSA) is 49.4 Å². The summed E-state index contributed by atoms with van der Waals surface area (Å²) in [6, 6.07) is 0. The van der Waals surface area contributed by atoms with Crippen LogP contribution >= 0.6 is 24.0 Å². The highest BCUT2D eigenvalue weighted by Gasteiger charge is 2.33. The van der Waals surface area contributed by atoms with Gasteiger partial charge in [-0.3, -0.25) is 14.5 Å². The molecular weight excluding hydrogens is 268 g/mol. The summed E-state index contributed by atoms with van der Waals surface area (Å²) < 4.78 is 0.638. The first kappa shape index (κ1) is 15.4. The zero-order valence-electron chi connectivity index (χ0n) is 10.9. The van der Waals surface area contributed by atoms with Crippen molar-refractivity contribution in [3.8, 4) is 0 Å². The average molecular weight is 288 g/mol. The molecule has 102 valence electrons. The molecule has 0 radical (unpaired) electrons. The molecule has 1 rings (SSSR count). The first-order valence-electron chi connectivity index (χ1n) is 6.35. The second-order valence-electron chi connectivity index (χ2n) is 4.32. The Bertz CT molecular complexity index is 334. The van der Waals surface area contributed by atoms with E-state index >= 15 is 0 Å². The molecule has 0 aromatic rings. The minimum atomic E-state index is -0.0733. The maximum atomic E-state index is 11.7. The van der Waals surface area contributed by atoms with Crippen molar-refractivity contribution in [1.82, 2.24) is 10.2 Å². The van der Waals surface area contributed by atoms with Crippen LogP contribution in [0.1, 0.15) is 39.5 Å². The summed E-state index contributed by atoms with van der Waals surface area (Å²) in [6.45, 7) is 5.24. The number of rotatable bonds is 7. The van der Waals surface area contributed by atoms with Crippen LogP contribution < -0.4 is 5.32 Å². The predicted octanol–water partition coefficient (Wildman–Crippen LogP) is 1.93. The van der Waals surface area contributed by atoms with Gasteiger partial charge in [-0.25, -0.2) is 0 Å². The minimum Gasteiger partial charge on any atom is -0.356 e. The van der Waals surface area contributed by atoms with Crippen molar-refractivity contribution >= 4 is 40.1 Å². The lowest BCUT2D eigenvalue weighted by atomic mass is 10.2. The third kappa shape index (κ3) is 4.57. The van der Waals surface area contributed by atoms with E-state index < -0.39 is 0 Å². The molecule has 1 aliphatic rings. The van der Waals surface area contributed by atoms with E-state index in [9.17, 15) is 9.59 Å². The minimum absolute atomic E-state index is 0.0571. The number of hydrogen-bond donors (Lipinski definition) is 1. The van der Waals surface area contributed by atoms with Gasteiger partial charge in [0.2, 0.25) is 11.8 Å². The van der Waals surface area contributed by atoms with Gasteiger partial charge >= 0.3 is 0 Å². The van der Waals surface area contributed by atoms with Crippen LogP contribution in [0.3, 0.4) is 0 Å². The van der Waals surface area contributed by atoms with E-state index in [2.05, 4.69) is 12.2 Å². The second kappa shape index (κ2) is 7.74. The Labute approximate surface area is 118 Å². The van der Waals surface area contributed by atoms with Crippen molar-refractivity contribution in [2.45, 2.75) is 44.8 Å². The molecule has 1 unspecified atom stereocenters. The number of hydrogen-bond acceptors (Lipinski definition) is 4. The summed E-state index contributed by atoms with van der Waals surface area (Å²) >= 11 is 6.55. The van der Waals surface area contributed by atoms with E-state index in [0.29, 0.717) is 23.7 Å². The van der Waals surface area contributed by atoms with Gasteiger partial charge < -0.3 is 5.32 Å². The van der Waals surface area contributed by atoms with Crippen LogP contribution in [0.25, 0.3) is 0 Å². The highest BCUT2D eigenvalue weighted by molar-refractivity contribution is 8.24. The molecule has 1 heterocycles. The normalized spacial score (nSPS) is 19.4. The molecule has 6 heteroatoms. The largest absolute Gasteiger partial charge is 0.356 e. The van der Waals surface area contributed by atoms with E-state index in [0.717, 1.165) is 19.4 Å². The third-order valence-corrected chi connectivity index (χ3v) is 4.24. The van der Waals surface area contributed by atoms with E-state index in [1.807, 2.05) is 6.92 Å². The molecule has 0 aromatic heterocycles. The highest BCUT2D eigenvalue weighted by Crippen LogP contribution is 2.26. The van der Waals surface area contributed by atoms with Gasteiger partial charge in [-0.15, -0.1) is 0 Å². The lowest BCUT2D eigenvalue weighted by Crippen LogP contribution is -2.32. The number of amides is 2. The molecule has 1 atom stereocenters. The molecule has 1 aliphatic heterocycles. The summed E-state index contributed by atoms with van der Waals surface area (Å²) in [5, 5.41) is 2.79. The van der Waals surface area contributed by atoms with Crippen molar-refractivity contribution in [2.75, 3.05) is 13.1 Å². The Hall–Kier alpha value is -0.620. The molecule has 1 N–H and O–H groups in total. The predicted molar refractivity (Wildman–Crippen MR) is 78.5 cm³/mol. The molecule has 2 amide bonds. The average Bonchev–Trinajstić information content (AvgIpc) is 2.56. The van der Waals surface area contributed by atoms with E-state index in [4.69, 9.17) is 12.2 Å². The van der Waals surface area contributed by atoms with Crippen LogP contribution in [-0.4, -0.2) is 39.4 Å². The Morgan fingerprint density at radius 2 is 2.22 bits per heavy atom. The summed E-state index contributed by atoms with van der Waals surface area (Å²) in [5.41, 5.74) is 0. The van der Waals surface area contributed by atoms with Crippen LogP contribution in [0.5, 0.6) is 0 Å². The quantitative estimate of drug-likeness (QED) is 0.574. The standard InChI is InChI=1S/C12H20N2O2S2/c1-3-4-7-13-10(15)6-5-8-14-11(16)9(2)18-12(14)17/h9H,3-8H2,1-2H3,(H,13,15). The van der Waals surface area contributed by atoms with Gasteiger partial charge in [0.05, 0.1) is 5.25 Å². The van der Waals surface area contributed by atoms with Crippen LogP contribution in [0, 0.1) is 0 Å². The van der Waals surface area contributed by atoms with Gasteiger partial charge in [-0.1, -0.05) is 37.3 Å². The monoisotopic (exact) mass is 288 g/mol. The fourth-order valence-electron chi connectivity index (χ4n) is 1.67. The second-order valence-corrected chi connectivity index (χ2v) is 6.30. The number of nitrogens with one attached hydrogen (secondary N) is 1. The van der Waals surface area contributed by atoms with Crippen LogP contribution in [0.4, 0.5) is 0 Å². The Morgan fingerprint density at radius 3 is 2.78 bits per heavy atom. The summed E-state index contributed by atoms with van der Waals surface area (Å²) in [6.07, 6.45) is 3.20. The summed E-state index contributed by atoms with van der Waals surface area (Å²) in [5.74, 6) is 0.123. The van der Waals surface area contributed by atoms with Gasteiger partial charge in [-0.2, -0.15) is 0 Å². The molecule has 4 nitrogen and oxygen atoms in total. The smallest absolute Gasteiger partial charge is 0.241 e. The molecule has 0 spiro atoms. The first-order chi connectivity index (χ1) is 8.56. The molecule has 1 saturated heterocycles. The molecule has 18 heavy (non-hydrogen) atoms. The van der Waals surface area contributed by atoms with Crippen molar-refractivity contribution in [2.24, 2.45) is 0 Å². The van der Waals surface area contributed by atoms with Crippen LogP contribution in [0.2, 0.25) is 0 Å². The Balaban J connectivity index is 2.19. The Kier molecular flexibility index (Phi) is 6.63. The maximum Gasteiger partial charge on any atom is 0.241 e. The summed E-state index contributed by atoms with van der Waals surface area (Å²) in [7, 11) is 0. The fraction of sp³-hybridized carbons (Fsp3) is 0.750. The highest BCUT2D eigenvalue weighted by atomic mass is 32.2. The lowest BCUT2D eigenvalue weighted by Gasteiger charge is -2.14. The zero-order valence-corrected chi connectivity index (χ0v) is 12.5. The number of thiocarbonyl (C=S) groups is 1. The maximum absolute atomic E-state index is 11.7. The summed E-state index contributed by atoms with van der Waals surface area (Å²) in [4.78, 5) is 24.8. The van der Waals surface area contributed by atoms with Crippen molar-refractivity contribution < 1.29 is 9.59 Å². The number of carbonyl (C=O) groups excluding carboxylic acids is 2. The molecule has 0 saturated carbocycles. The SMILES string of the molecule is CCCCNC(=O)CCCN1C(=O)C(C)SC1=S. The van der Waals surface area contributed by atoms with Crippen molar-refractivity contribution in [3.05, 3.63) is 0 Å². The van der Waals surface area contributed by atoms with Crippen molar-refractivity contribution in [1.29, 1.82) is 0 Å². The van der Waals surface area contributed by atoms with Crippen LogP contribution in [-0.2, 0) is 9.59 Å². The van der Waals surface area contributed by atoms with E-state index in [1.165, 1.54) is 11.8 Å². The molecule has 0 aromatic carbocycles. The first-order valence-corrected chi connectivity index (χ1v) is 7.63. The van der Waals surface area contributed by atoms with Gasteiger partial charge in [0.1, 0.15) is 4.32 Å². The van der Waals surface area contributed by atoms with Gasteiger partial charge in [0, 0.05) is 19.5 Å². The van der Waals surface area contributed by atoms with Crippen LogP contribution in [0.15, 0.2) is 0 Å². The number of unbranched alkanes of at least 4 members (excludes halogenated alkanes) is 1. The van der Waals surface area contributed by atoms with Gasteiger partial charge in [0.25, 0.3) is 0 Å². The van der Waals surface area contributed by atoms with E-state index in [1.54, 1.807) is 4.90 Å². The molecular formula is C12H20N2O2S2. The zero-order chi connectivity index (χ0) is 13.5. The van der Waals surface area contributed by atoms with E-state index in [-0.39, 0.29) is 17.1 Å². The van der Waals surface area contributed by atoms with Gasteiger partial charge in [0.15, 0.2) is 0 Å². The fourth-order valence-corrected chi connectivity index (χ4v) is 3.12. The molecule has 0 aliphatic carbocycles. The molecule has 0 bridgehead atoms. The number of thioether (sulfide) groups is 1. The third-order valence-electron chi connectivity index (χ3n) is 2.75. The lowest BCUT2D eigenvalue weighted by molar-refractivity contribution is -0.126. The molecule has 1 fully saturated rings. The van der Waals surface area contributed by atoms with Gasteiger partial charge in [-0.05, 0) is 19.8 Å².